The van der Waals surface area contributed by atoms with E-state index in [-0.39, 0.29) is 17.9 Å². The Hall–Kier alpha value is -2.40. The molecule has 3 unspecified atom stereocenters. The van der Waals surface area contributed by atoms with E-state index in [9.17, 15) is 14.3 Å². The molecule has 5 heteroatoms. The molecule has 3 N–H and O–H groups in total. The maximum atomic E-state index is 13.3. The minimum absolute atomic E-state index is 0.116. The van der Waals surface area contributed by atoms with Gasteiger partial charge in [-0.15, -0.1) is 0 Å². The molecule has 2 aromatic rings. The summed E-state index contributed by atoms with van der Waals surface area (Å²) in [6, 6.07) is 11.6. The van der Waals surface area contributed by atoms with Gasteiger partial charge in [-0.05, 0) is 47.2 Å². The molecule has 3 atom stereocenters. The van der Waals surface area contributed by atoms with Crippen LogP contribution in [0.4, 0.5) is 9.18 Å². The summed E-state index contributed by atoms with van der Waals surface area (Å²) in [6.45, 7) is 0. The Kier molecular flexibility index (Phi) is 3.73. The largest absolute Gasteiger partial charge is 0.390 e. The van der Waals surface area contributed by atoms with E-state index in [0.717, 1.165) is 35.1 Å². The molecule has 24 heavy (non-hydrogen) atoms. The molecule has 2 amide bonds. The van der Waals surface area contributed by atoms with Crippen LogP contribution in [0.1, 0.15) is 40.8 Å². The first-order chi connectivity index (χ1) is 11.6. The molecule has 2 aliphatic carbocycles. The van der Waals surface area contributed by atoms with Crippen LogP contribution in [0.3, 0.4) is 0 Å². The molecule has 0 saturated heterocycles. The second-order valence-corrected chi connectivity index (χ2v) is 6.50. The summed E-state index contributed by atoms with van der Waals surface area (Å²) in [4.78, 5) is 12.4. The van der Waals surface area contributed by atoms with Crippen molar-refractivity contribution in [2.45, 2.75) is 37.5 Å². The Labute approximate surface area is 139 Å². The number of carbonyl (C=O) groups is 1. The Balaban J connectivity index is 1.45. The van der Waals surface area contributed by atoms with Gasteiger partial charge in [0, 0.05) is 6.42 Å². The number of benzene rings is 2. The molecule has 0 radical (unpaired) electrons. The molecule has 0 bridgehead atoms. The van der Waals surface area contributed by atoms with Crippen LogP contribution in [-0.4, -0.2) is 17.2 Å². The molecule has 0 aliphatic heterocycles. The van der Waals surface area contributed by atoms with Gasteiger partial charge in [0.05, 0.1) is 18.2 Å². The van der Waals surface area contributed by atoms with Gasteiger partial charge < -0.3 is 15.7 Å². The highest BCUT2D eigenvalue weighted by atomic mass is 19.1. The lowest BCUT2D eigenvalue weighted by molar-refractivity contribution is 0.142. The number of carbonyl (C=O) groups excluding carboxylic acids is 1. The van der Waals surface area contributed by atoms with Crippen LogP contribution < -0.4 is 10.6 Å². The maximum absolute atomic E-state index is 13.3. The Morgan fingerprint density at radius 3 is 2.79 bits per heavy atom. The summed E-state index contributed by atoms with van der Waals surface area (Å²) in [7, 11) is 0. The lowest BCUT2D eigenvalue weighted by Crippen LogP contribution is -2.42. The number of nitrogens with one attached hydrogen (secondary N) is 2. The number of aryl methyl sites for hydroxylation is 1. The van der Waals surface area contributed by atoms with E-state index in [1.807, 2.05) is 24.3 Å². The summed E-state index contributed by atoms with van der Waals surface area (Å²) in [5.74, 6) is -0.246. The van der Waals surface area contributed by atoms with Crippen LogP contribution in [0.15, 0.2) is 42.5 Å². The molecule has 2 aromatic carbocycles. The Bertz CT molecular complexity index is 793. The SMILES string of the molecule is O=C(NC1CCc2cc(F)ccc21)NC1c2ccccc2CC1O. The number of fused-ring (bicyclic) bond motifs is 2. The van der Waals surface area contributed by atoms with Gasteiger partial charge in [0.15, 0.2) is 0 Å². The first-order valence-electron chi connectivity index (χ1n) is 8.23. The van der Waals surface area contributed by atoms with Gasteiger partial charge in [0.1, 0.15) is 5.82 Å². The van der Waals surface area contributed by atoms with Gasteiger partial charge in [0.25, 0.3) is 0 Å². The zero-order chi connectivity index (χ0) is 16.7. The predicted octanol–water partition coefficient (Wildman–Crippen LogP) is 2.77. The fraction of sp³-hybridized carbons (Fsp3) is 0.316. The minimum Gasteiger partial charge on any atom is -0.390 e. The van der Waals surface area contributed by atoms with Crippen LogP contribution in [0, 0.1) is 5.82 Å². The van der Waals surface area contributed by atoms with Crippen molar-refractivity contribution in [3.8, 4) is 0 Å². The van der Waals surface area contributed by atoms with Crippen LogP contribution in [0.5, 0.6) is 0 Å². The number of rotatable bonds is 2. The summed E-state index contributed by atoms with van der Waals surface area (Å²) in [6.07, 6.45) is 1.45. The number of aliphatic hydroxyl groups excluding tert-OH is 1. The van der Waals surface area contributed by atoms with E-state index in [2.05, 4.69) is 10.6 Å². The summed E-state index contributed by atoms with van der Waals surface area (Å²) >= 11 is 0. The highest BCUT2D eigenvalue weighted by Gasteiger charge is 2.33. The van der Waals surface area contributed by atoms with Crippen LogP contribution in [0.25, 0.3) is 0 Å². The molecular formula is C19H19FN2O2. The fourth-order valence-electron chi connectivity index (χ4n) is 3.83. The third-order valence-electron chi connectivity index (χ3n) is 4.98. The van der Waals surface area contributed by atoms with Crippen molar-refractivity contribution >= 4 is 6.03 Å². The lowest BCUT2D eigenvalue weighted by Gasteiger charge is -2.21. The topological polar surface area (TPSA) is 61.4 Å². The first-order valence-corrected chi connectivity index (χ1v) is 8.23. The summed E-state index contributed by atoms with van der Waals surface area (Å²) in [5.41, 5.74) is 3.96. The van der Waals surface area contributed by atoms with E-state index in [1.54, 1.807) is 6.07 Å². The van der Waals surface area contributed by atoms with E-state index >= 15 is 0 Å². The van der Waals surface area contributed by atoms with Crippen molar-refractivity contribution in [3.05, 3.63) is 70.5 Å². The maximum Gasteiger partial charge on any atom is 0.315 e. The molecule has 4 rings (SSSR count). The van der Waals surface area contributed by atoms with Crippen molar-refractivity contribution < 1.29 is 14.3 Å². The number of urea groups is 1. The molecule has 0 heterocycles. The zero-order valence-electron chi connectivity index (χ0n) is 13.1. The zero-order valence-corrected chi connectivity index (χ0v) is 13.1. The third kappa shape index (κ3) is 2.65. The number of hydrogen-bond acceptors (Lipinski definition) is 2. The fourth-order valence-corrected chi connectivity index (χ4v) is 3.83. The lowest BCUT2D eigenvalue weighted by atomic mass is 10.1. The molecule has 4 nitrogen and oxygen atoms in total. The second kappa shape index (κ2) is 5.91. The number of halogens is 1. The van der Waals surface area contributed by atoms with Crippen molar-refractivity contribution in [2.24, 2.45) is 0 Å². The average molecular weight is 326 g/mol. The van der Waals surface area contributed by atoms with E-state index in [4.69, 9.17) is 0 Å². The van der Waals surface area contributed by atoms with E-state index in [1.165, 1.54) is 12.1 Å². The normalized spacial score (nSPS) is 24.3. The van der Waals surface area contributed by atoms with Crippen molar-refractivity contribution in [3.63, 3.8) is 0 Å². The first kappa shape index (κ1) is 15.1. The Morgan fingerprint density at radius 2 is 1.92 bits per heavy atom. The number of aliphatic hydroxyl groups is 1. The highest BCUT2D eigenvalue weighted by Crippen LogP contribution is 2.33. The predicted molar refractivity (Wildman–Crippen MR) is 88.0 cm³/mol. The van der Waals surface area contributed by atoms with Crippen molar-refractivity contribution in [1.82, 2.24) is 10.6 Å². The third-order valence-corrected chi connectivity index (χ3v) is 4.98. The molecule has 0 aromatic heterocycles. The highest BCUT2D eigenvalue weighted by molar-refractivity contribution is 5.75. The van der Waals surface area contributed by atoms with Gasteiger partial charge in [-0.1, -0.05) is 30.3 Å². The van der Waals surface area contributed by atoms with E-state index < -0.39 is 12.1 Å². The quantitative estimate of drug-likeness (QED) is 0.795. The summed E-state index contributed by atoms with van der Waals surface area (Å²) < 4.78 is 13.3. The van der Waals surface area contributed by atoms with Gasteiger partial charge >= 0.3 is 6.03 Å². The Morgan fingerprint density at radius 1 is 1.08 bits per heavy atom. The molecule has 2 aliphatic rings. The molecule has 0 saturated carbocycles. The van der Waals surface area contributed by atoms with Crippen molar-refractivity contribution in [2.75, 3.05) is 0 Å². The van der Waals surface area contributed by atoms with Crippen LogP contribution in [0.2, 0.25) is 0 Å². The molecular weight excluding hydrogens is 307 g/mol. The second-order valence-electron chi connectivity index (χ2n) is 6.50. The molecule has 124 valence electrons. The van der Waals surface area contributed by atoms with Gasteiger partial charge in [-0.3, -0.25) is 0 Å². The van der Waals surface area contributed by atoms with Crippen LogP contribution >= 0.6 is 0 Å². The molecule has 0 fully saturated rings. The summed E-state index contributed by atoms with van der Waals surface area (Å²) in [5, 5.41) is 16.1. The number of hydrogen-bond donors (Lipinski definition) is 3. The number of amides is 2. The standard InChI is InChI=1S/C19H19FN2O2/c20-13-6-7-14-12(9-13)5-8-16(14)21-19(24)22-18-15-4-2-1-3-11(15)10-17(18)23/h1-4,6-7,9,16-18,23H,5,8,10H2,(H2,21,22,24). The smallest absolute Gasteiger partial charge is 0.315 e. The minimum atomic E-state index is -0.613. The monoisotopic (exact) mass is 326 g/mol. The van der Waals surface area contributed by atoms with Crippen LogP contribution in [-0.2, 0) is 12.8 Å². The van der Waals surface area contributed by atoms with E-state index in [0.29, 0.717) is 6.42 Å². The van der Waals surface area contributed by atoms with Gasteiger partial charge in [-0.2, -0.15) is 0 Å². The molecule has 0 spiro atoms. The average Bonchev–Trinajstić information content (AvgIpc) is 3.09. The van der Waals surface area contributed by atoms with Gasteiger partial charge in [-0.25, -0.2) is 9.18 Å². The van der Waals surface area contributed by atoms with Crippen molar-refractivity contribution in [1.29, 1.82) is 0 Å². The van der Waals surface area contributed by atoms with Gasteiger partial charge in [0.2, 0.25) is 0 Å².